The average Bonchev–Trinajstić information content (AvgIpc) is 3.26. The number of carbonyl (C=O) groups excluding carboxylic acids is 1. The van der Waals surface area contributed by atoms with Crippen LogP contribution in [-0.2, 0) is 0 Å². The first-order chi connectivity index (χ1) is 14.1. The predicted octanol–water partition coefficient (Wildman–Crippen LogP) is 5.56. The zero-order chi connectivity index (χ0) is 20.2. The van der Waals surface area contributed by atoms with Crippen molar-refractivity contribution < 1.29 is 9.53 Å². The lowest BCUT2D eigenvalue weighted by Crippen LogP contribution is -2.11. The molecule has 4 rings (SSSR count). The number of rotatable bonds is 5. The fourth-order valence-corrected chi connectivity index (χ4v) is 3.17. The molecule has 0 aliphatic heterocycles. The van der Waals surface area contributed by atoms with Crippen molar-refractivity contribution in [1.82, 2.24) is 9.78 Å². The van der Waals surface area contributed by atoms with Gasteiger partial charge in [-0.1, -0.05) is 28.1 Å². The van der Waals surface area contributed by atoms with E-state index in [1.807, 2.05) is 72.9 Å². The molecule has 0 fully saturated rings. The number of ether oxygens (including phenoxy) is 1. The number of benzene rings is 3. The first-order valence-corrected chi connectivity index (χ1v) is 9.79. The summed E-state index contributed by atoms with van der Waals surface area (Å²) in [5, 5.41) is 7.52. The van der Waals surface area contributed by atoms with E-state index >= 15 is 0 Å². The number of anilines is 1. The zero-order valence-electron chi connectivity index (χ0n) is 15.7. The lowest BCUT2D eigenvalue weighted by molar-refractivity contribution is 0.102. The Kier molecular flexibility index (Phi) is 5.44. The van der Waals surface area contributed by atoms with Gasteiger partial charge in [-0.15, -0.1) is 0 Å². The van der Waals surface area contributed by atoms with Gasteiger partial charge in [0, 0.05) is 27.5 Å². The molecule has 1 heterocycles. The SMILES string of the molecule is COc1cccc(-c2ccn(-c3ccc(C(=O)Nc4ccc(Br)cc4)cc3)n2)c1. The molecule has 0 bridgehead atoms. The van der Waals surface area contributed by atoms with Gasteiger partial charge in [0.05, 0.1) is 18.5 Å². The van der Waals surface area contributed by atoms with Gasteiger partial charge in [0.15, 0.2) is 0 Å². The third-order valence-electron chi connectivity index (χ3n) is 4.45. The fourth-order valence-electron chi connectivity index (χ4n) is 2.91. The van der Waals surface area contributed by atoms with Crippen molar-refractivity contribution in [3.8, 4) is 22.7 Å². The van der Waals surface area contributed by atoms with Crippen molar-refractivity contribution in [2.45, 2.75) is 0 Å². The molecule has 0 aliphatic rings. The van der Waals surface area contributed by atoms with E-state index in [0.717, 1.165) is 32.9 Å². The van der Waals surface area contributed by atoms with Crippen molar-refractivity contribution >= 4 is 27.5 Å². The Morgan fingerprint density at radius 2 is 1.76 bits per heavy atom. The normalized spacial score (nSPS) is 10.6. The van der Waals surface area contributed by atoms with E-state index < -0.39 is 0 Å². The van der Waals surface area contributed by atoms with Crippen molar-refractivity contribution in [1.29, 1.82) is 0 Å². The monoisotopic (exact) mass is 447 g/mol. The van der Waals surface area contributed by atoms with E-state index in [4.69, 9.17) is 4.74 Å². The molecule has 0 atom stereocenters. The Hall–Kier alpha value is -3.38. The van der Waals surface area contributed by atoms with E-state index in [-0.39, 0.29) is 5.91 Å². The number of amides is 1. The minimum absolute atomic E-state index is 0.156. The Morgan fingerprint density at radius 3 is 2.48 bits per heavy atom. The van der Waals surface area contributed by atoms with Crippen LogP contribution in [0, 0.1) is 0 Å². The molecule has 3 aromatic carbocycles. The average molecular weight is 448 g/mol. The third kappa shape index (κ3) is 4.38. The maximum absolute atomic E-state index is 12.4. The van der Waals surface area contributed by atoms with Crippen LogP contribution in [0.1, 0.15) is 10.4 Å². The molecule has 6 heteroatoms. The van der Waals surface area contributed by atoms with Gasteiger partial charge in [0.25, 0.3) is 5.91 Å². The molecular formula is C23H18BrN3O2. The minimum Gasteiger partial charge on any atom is -0.497 e. The van der Waals surface area contributed by atoms with Gasteiger partial charge in [0.2, 0.25) is 0 Å². The topological polar surface area (TPSA) is 56.1 Å². The summed E-state index contributed by atoms with van der Waals surface area (Å²) < 4.78 is 8.03. The van der Waals surface area contributed by atoms with Crippen molar-refractivity contribution in [3.63, 3.8) is 0 Å². The quantitative estimate of drug-likeness (QED) is 0.435. The molecule has 0 saturated carbocycles. The third-order valence-corrected chi connectivity index (χ3v) is 4.98. The molecule has 1 amide bonds. The van der Waals surface area contributed by atoms with Gasteiger partial charge in [-0.25, -0.2) is 4.68 Å². The molecule has 1 aromatic heterocycles. The molecule has 1 N–H and O–H groups in total. The molecular weight excluding hydrogens is 430 g/mol. The number of nitrogens with zero attached hydrogens (tertiary/aromatic N) is 2. The molecule has 144 valence electrons. The Labute approximate surface area is 177 Å². The molecule has 0 aliphatic carbocycles. The van der Waals surface area contributed by atoms with Crippen LogP contribution in [0.5, 0.6) is 5.75 Å². The van der Waals surface area contributed by atoms with E-state index in [9.17, 15) is 4.79 Å². The second-order valence-corrected chi connectivity index (χ2v) is 7.30. The summed E-state index contributed by atoms with van der Waals surface area (Å²) in [7, 11) is 1.64. The fraction of sp³-hybridized carbons (Fsp3) is 0.0435. The highest BCUT2D eigenvalue weighted by Crippen LogP contribution is 2.23. The lowest BCUT2D eigenvalue weighted by Gasteiger charge is -2.07. The van der Waals surface area contributed by atoms with Crippen LogP contribution >= 0.6 is 15.9 Å². The number of nitrogens with one attached hydrogen (secondary N) is 1. The van der Waals surface area contributed by atoms with Crippen LogP contribution in [0.4, 0.5) is 5.69 Å². The highest BCUT2D eigenvalue weighted by molar-refractivity contribution is 9.10. The Bertz CT molecular complexity index is 1140. The number of methoxy groups -OCH3 is 1. The van der Waals surface area contributed by atoms with Crippen LogP contribution in [0.15, 0.2) is 89.5 Å². The highest BCUT2D eigenvalue weighted by atomic mass is 79.9. The summed E-state index contributed by atoms with van der Waals surface area (Å²) in [6.45, 7) is 0. The number of hydrogen-bond donors (Lipinski definition) is 1. The first-order valence-electron chi connectivity index (χ1n) is 9.00. The summed E-state index contributed by atoms with van der Waals surface area (Å²) in [6, 6.07) is 24.5. The largest absolute Gasteiger partial charge is 0.497 e. The van der Waals surface area contributed by atoms with Gasteiger partial charge in [-0.05, 0) is 66.7 Å². The van der Waals surface area contributed by atoms with Crippen LogP contribution in [0.3, 0.4) is 0 Å². The van der Waals surface area contributed by atoms with E-state index in [0.29, 0.717) is 5.56 Å². The summed E-state index contributed by atoms with van der Waals surface area (Å²) in [4.78, 5) is 12.4. The number of carbonyl (C=O) groups is 1. The minimum atomic E-state index is -0.156. The Balaban J connectivity index is 1.50. The van der Waals surface area contributed by atoms with Crippen LogP contribution < -0.4 is 10.1 Å². The summed E-state index contributed by atoms with van der Waals surface area (Å²) in [5.74, 6) is 0.634. The van der Waals surface area contributed by atoms with Crippen LogP contribution in [0.25, 0.3) is 16.9 Å². The van der Waals surface area contributed by atoms with E-state index in [1.165, 1.54) is 0 Å². The number of aromatic nitrogens is 2. The molecule has 0 unspecified atom stereocenters. The molecule has 0 radical (unpaired) electrons. The number of hydrogen-bond acceptors (Lipinski definition) is 3. The standard InChI is InChI=1S/C23H18BrN3O2/c1-29-21-4-2-3-17(15-21)22-13-14-27(26-22)20-11-5-16(6-12-20)23(28)25-19-9-7-18(24)8-10-19/h2-15H,1H3,(H,25,28). The first kappa shape index (κ1) is 19.0. The van der Waals surface area contributed by atoms with Crippen molar-refractivity contribution in [2.75, 3.05) is 12.4 Å². The lowest BCUT2D eigenvalue weighted by atomic mass is 10.1. The maximum Gasteiger partial charge on any atom is 0.255 e. The highest BCUT2D eigenvalue weighted by Gasteiger charge is 2.08. The van der Waals surface area contributed by atoms with Gasteiger partial charge in [0.1, 0.15) is 5.75 Å². The molecule has 4 aromatic rings. The summed E-state index contributed by atoms with van der Waals surface area (Å²) in [5.41, 5.74) is 4.03. The maximum atomic E-state index is 12.4. The Morgan fingerprint density at radius 1 is 1.00 bits per heavy atom. The van der Waals surface area contributed by atoms with Gasteiger partial charge >= 0.3 is 0 Å². The van der Waals surface area contributed by atoms with Crippen molar-refractivity contribution in [3.05, 3.63) is 95.1 Å². The molecule has 0 spiro atoms. The summed E-state index contributed by atoms with van der Waals surface area (Å²) >= 11 is 3.38. The second kappa shape index (κ2) is 8.32. The predicted molar refractivity (Wildman–Crippen MR) is 118 cm³/mol. The van der Waals surface area contributed by atoms with E-state index in [1.54, 1.807) is 23.9 Å². The van der Waals surface area contributed by atoms with Gasteiger partial charge in [-0.2, -0.15) is 5.10 Å². The molecule has 29 heavy (non-hydrogen) atoms. The smallest absolute Gasteiger partial charge is 0.255 e. The molecule has 0 saturated heterocycles. The zero-order valence-corrected chi connectivity index (χ0v) is 17.3. The summed E-state index contributed by atoms with van der Waals surface area (Å²) in [6.07, 6.45) is 1.89. The molecule has 5 nitrogen and oxygen atoms in total. The van der Waals surface area contributed by atoms with E-state index in [2.05, 4.69) is 26.3 Å². The van der Waals surface area contributed by atoms with Gasteiger partial charge in [-0.3, -0.25) is 4.79 Å². The van der Waals surface area contributed by atoms with Gasteiger partial charge < -0.3 is 10.1 Å². The van der Waals surface area contributed by atoms with Crippen LogP contribution in [0.2, 0.25) is 0 Å². The van der Waals surface area contributed by atoms with Crippen molar-refractivity contribution in [2.24, 2.45) is 0 Å². The number of halogens is 1. The second-order valence-electron chi connectivity index (χ2n) is 6.39. The van der Waals surface area contributed by atoms with Crippen LogP contribution in [-0.4, -0.2) is 22.8 Å².